The molecule has 1 saturated heterocycles. The summed E-state index contributed by atoms with van der Waals surface area (Å²) in [7, 11) is 0. The Labute approximate surface area is 112 Å². The van der Waals surface area contributed by atoms with E-state index in [1.165, 1.54) is 12.8 Å². The van der Waals surface area contributed by atoms with Gasteiger partial charge in [-0.3, -0.25) is 10.1 Å². The second-order valence-corrected chi connectivity index (χ2v) is 5.84. The molecule has 0 radical (unpaired) electrons. The van der Waals surface area contributed by atoms with Crippen molar-refractivity contribution in [2.45, 2.75) is 90.9 Å². The highest BCUT2D eigenvalue weighted by molar-refractivity contribution is 5.88. The Bertz CT molecular complexity index is 280. The van der Waals surface area contributed by atoms with Crippen LogP contribution in [0.15, 0.2) is 0 Å². The molecule has 0 bridgehead atoms. The largest absolute Gasteiger partial charge is 0.323 e. The zero-order valence-corrected chi connectivity index (χ0v) is 12.8. The Kier molecular flexibility index (Phi) is 5.64. The van der Waals surface area contributed by atoms with Crippen molar-refractivity contribution < 1.29 is 4.79 Å². The van der Waals surface area contributed by atoms with Crippen molar-refractivity contribution >= 4 is 5.91 Å². The fraction of sp³-hybridized carbons (Fsp3) is 0.933. The number of hydrogen-bond acceptors (Lipinski definition) is 2. The van der Waals surface area contributed by atoms with Crippen LogP contribution >= 0.6 is 0 Å². The molecule has 1 heterocycles. The summed E-state index contributed by atoms with van der Waals surface area (Å²) in [6.45, 7) is 10.7. The second kappa shape index (κ2) is 6.55. The van der Waals surface area contributed by atoms with Gasteiger partial charge in [0, 0.05) is 6.04 Å². The summed E-state index contributed by atoms with van der Waals surface area (Å²) in [5.41, 5.74) is -0.347. The molecule has 0 spiro atoms. The van der Waals surface area contributed by atoms with Gasteiger partial charge in [-0.2, -0.15) is 0 Å². The molecule has 0 aromatic heterocycles. The van der Waals surface area contributed by atoms with Crippen LogP contribution in [0.25, 0.3) is 0 Å². The molecule has 106 valence electrons. The Morgan fingerprint density at radius 1 is 1.33 bits per heavy atom. The summed E-state index contributed by atoms with van der Waals surface area (Å²) >= 11 is 0. The summed E-state index contributed by atoms with van der Waals surface area (Å²) < 4.78 is 0. The van der Waals surface area contributed by atoms with E-state index in [-0.39, 0.29) is 11.7 Å². The van der Waals surface area contributed by atoms with Crippen molar-refractivity contribution in [1.82, 2.24) is 10.2 Å². The highest BCUT2D eigenvalue weighted by Gasteiger charge is 2.47. The lowest BCUT2D eigenvalue weighted by molar-refractivity contribution is -0.135. The van der Waals surface area contributed by atoms with Gasteiger partial charge in [0.05, 0.1) is 11.7 Å². The van der Waals surface area contributed by atoms with Gasteiger partial charge in [0.2, 0.25) is 5.91 Å². The zero-order valence-electron chi connectivity index (χ0n) is 12.8. The van der Waals surface area contributed by atoms with Gasteiger partial charge in [-0.15, -0.1) is 0 Å². The minimum atomic E-state index is -0.347. The quantitative estimate of drug-likeness (QED) is 0.756. The molecule has 0 aromatic rings. The van der Waals surface area contributed by atoms with E-state index in [2.05, 4.69) is 37.9 Å². The minimum Gasteiger partial charge on any atom is -0.323 e. The Morgan fingerprint density at radius 2 is 2.00 bits per heavy atom. The van der Waals surface area contributed by atoms with Gasteiger partial charge in [0.1, 0.15) is 0 Å². The van der Waals surface area contributed by atoms with Crippen LogP contribution in [0.1, 0.15) is 73.1 Å². The Balaban J connectivity index is 2.80. The van der Waals surface area contributed by atoms with Crippen LogP contribution in [-0.4, -0.2) is 28.6 Å². The van der Waals surface area contributed by atoms with E-state index in [9.17, 15) is 4.79 Å². The Hall–Kier alpha value is -0.570. The smallest absolute Gasteiger partial charge is 0.244 e. The van der Waals surface area contributed by atoms with E-state index in [0.717, 1.165) is 25.7 Å². The van der Waals surface area contributed by atoms with Crippen molar-refractivity contribution in [3.8, 4) is 0 Å². The average Bonchev–Trinajstić information content (AvgIpc) is 2.60. The van der Waals surface area contributed by atoms with Crippen LogP contribution < -0.4 is 5.32 Å². The van der Waals surface area contributed by atoms with Crippen LogP contribution in [0.5, 0.6) is 0 Å². The van der Waals surface area contributed by atoms with Crippen LogP contribution in [0.2, 0.25) is 0 Å². The van der Waals surface area contributed by atoms with Crippen molar-refractivity contribution in [3.63, 3.8) is 0 Å². The molecule has 1 N–H and O–H groups in total. The highest BCUT2D eigenvalue weighted by Crippen LogP contribution is 2.28. The van der Waals surface area contributed by atoms with Gasteiger partial charge in [-0.1, -0.05) is 40.0 Å². The van der Waals surface area contributed by atoms with Crippen LogP contribution in [0.4, 0.5) is 0 Å². The first-order valence-electron chi connectivity index (χ1n) is 7.60. The highest BCUT2D eigenvalue weighted by atomic mass is 16.2. The lowest BCUT2D eigenvalue weighted by atomic mass is 9.98. The molecule has 3 heteroatoms. The maximum Gasteiger partial charge on any atom is 0.244 e. The van der Waals surface area contributed by atoms with Gasteiger partial charge >= 0.3 is 0 Å². The minimum absolute atomic E-state index is 0.235. The number of carbonyl (C=O) groups excluding carboxylic acids is 1. The number of nitrogens with zero attached hydrogens (tertiary/aromatic N) is 1. The standard InChI is InChI=1S/C15H30N2O/c1-6-9-11-12(4)17-13(10-7-2)16-15(5,8-3)14(17)18/h12-13,16H,6-11H2,1-5H3. The number of carbonyl (C=O) groups is 1. The van der Waals surface area contributed by atoms with E-state index >= 15 is 0 Å². The number of amides is 1. The maximum atomic E-state index is 12.6. The van der Waals surface area contributed by atoms with Crippen molar-refractivity contribution in [1.29, 1.82) is 0 Å². The normalized spacial score (nSPS) is 29.9. The summed E-state index contributed by atoms with van der Waals surface area (Å²) in [4.78, 5) is 14.7. The number of hydrogen-bond donors (Lipinski definition) is 1. The molecular formula is C15H30N2O. The first-order chi connectivity index (χ1) is 8.50. The van der Waals surface area contributed by atoms with Gasteiger partial charge in [-0.25, -0.2) is 0 Å². The first-order valence-corrected chi connectivity index (χ1v) is 7.60. The monoisotopic (exact) mass is 254 g/mol. The van der Waals surface area contributed by atoms with E-state index < -0.39 is 0 Å². The molecule has 1 rings (SSSR count). The van der Waals surface area contributed by atoms with Crippen LogP contribution in [0.3, 0.4) is 0 Å². The molecule has 3 unspecified atom stereocenters. The molecule has 3 nitrogen and oxygen atoms in total. The van der Waals surface area contributed by atoms with Crippen LogP contribution in [-0.2, 0) is 4.79 Å². The molecule has 0 aromatic carbocycles. The third kappa shape index (κ3) is 3.05. The predicted octanol–water partition coefficient (Wildman–Crippen LogP) is 3.29. The number of rotatable bonds is 7. The number of nitrogens with one attached hydrogen (secondary N) is 1. The molecule has 1 aliphatic heterocycles. The molecule has 0 aliphatic carbocycles. The van der Waals surface area contributed by atoms with Crippen molar-refractivity contribution in [2.24, 2.45) is 0 Å². The number of unbranched alkanes of at least 4 members (excludes halogenated alkanes) is 1. The third-order valence-corrected chi connectivity index (χ3v) is 4.25. The Morgan fingerprint density at radius 3 is 2.50 bits per heavy atom. The summed E-state index contributed by atoms with van der Waals surface area (Å²) in [6.07, 6.45) is 6.78. The van der Waals surface area contributed by atoms with E-state index in [0.29, 0.717) is 11.9 Å². The summed E-state index contributed by atoms with van der Waals surface area (Å²) in [5.74, 6) is 0.298. The zero-order chi connectivity index (χ0) is 13.8. The SMILES string of the molecule is CCCCC(C)N1C(=O)C(C)(CC)NC1CCC. The molecule has 18 heavy (non-hydrogen) atoms. The second-order valence-electron chi connectivity index (χ2n) is 5.84. The van der Waals surface area contributed by atoms with Gasteiger partial charge < -0.3 is 4.90 Å². The molecular weight excluding hydrogens is 224 g/mol. The molecule has 0 saturated carbocycles. The lowest BCUT2D eigenvalue weighted by Crippen LogP contribution is -2.44. The molecule has 1 amide bonds. The fourth-order valence-electron chi connectivity index (χ4n) is 2.81. The lowest BCUT2D eigenvalue weighted by Gasteiger charge is -2.30. The fourth-order valence-corrected chi connectivity index (χ4v) is 2.81. The van der Waals surface area contributed by atoms with E-state index in [4.69, 9.17) is 0 Å². The van der Waals surface area contributed by atoms with E-state index in [1.807, 2.05) is 6.92 Å². The predicted molar refractivity (Wildman–Crippen MR) is 76.4 cm³/mol. The molecule has 1 fully saturated rings. The van der Waals surface area contributed by atoms with Crippen LogP contribution in [0, 0.1) is 0 Å². The topological polar surface area (TPSA) is 32.3 Å². The van der Waals surface area contributed by atoms with E-state index in [1.54, 1.807) is 0 Å². The maximum absolute atomic E-state index is 12.6. The van der Waals surface area contributed by atoms with Crippen molar-refractivity contribution in [3.05, 3.63) is 0 Å². The average molecular weight is 254 g/mol. The summed E-state index contributed by atoms with van der Waals surface area (Å²) in [6, 6.07) is 0.356. The molecule has 3 atom stereocenters. The molecule has 1 aliphatic rings. The van der Waals surface area contributed by atoms with Gasteiger partial charge in [0.25, 0.3) is 0 Å². The first kappa shape index (κ1) is 15.5. The van der Waals surface area contributed by atoms with Gasteiger partial charge in [0.15, 0.2) is 0 Å². The van der Waals surface area contributed by atoms with Crippen molar-refractivity contribution in [2.75, 3.05) is 0 Å². The summed E-state index contributed by atoms with van der Waals surface area (Å²) in [5, 5.41) is 3.55. The third-order valence-electron chi connectivity index (χ3n) is 4.25. The van der Waals surface area contributed by atoms with Gasteiger partial charge in [-0.05, 0) is 33.1 Å².